The van der Waals surface area contributed by atoms with Crippen molar-refractivity contribution in [2.45, 2.75) is 57.0 Å². The second kappa shape index (κ2) is 5.68. The van der Waals surface area contributed by atoms with Gasteiger partial charge in [-0.2, -0.15) is 0 Å². The second-order valence-corrected chi connectivity index (χ2v) is 6.35. The number of piperazine rings is 1. The molecular weight excluding hydrogens is 236 g/mol. The summed E-state index contributed by atoms with van der Waals surface area (Å²) in [7, 11) is 0. The highest BCUT2D eigenvalue weighted by atomic mass is 16.3. The zero-order chi connectivity index (χ0) is 13.1. The number of hydrogen-bond acceptors (Lipinski definition) is 3. The maximum Gasteiger partial charge on any atom is 0.103 e. The maximum absolute atomic E-state index is 5.43. The predicted octanol–water partition coefficient (Wildman–Crippen LogP) is 2.82. The van der Waals surface area contributed by atoms with Gasteiger partial charge in [0, 0.05) is 37.6 Å². The highest BCUT2D eigenvalue weighted by molar-refractivity contribution is 5.01. The minimum absolute atomic E-state index is 0.442. The van der Waals surface area contributed by atoms with E-state index in [2.05, 4.69) is 23.2 Å². The van der Waals surface area contributed by atoms with Crippen LogP contribution in [-0.2, 0) is 6.42 Å². The molecule has 1 aromatic heterocycles. The van der Waals surface area contributed by atoms with Crippen LogP contribution in [0, 0.1) is 0 Å². The third-order valence-corrected chi connectivity index (χ3v) is 4.98. The molecule has 2 fully saturated rings. The summed E-state index contributed by atoms with van der Waals surface area (Å²) >= 11 is 0. The molecule has 0 aromatic carbocycles. The van der Waals surface area contributed by atoms with E-state index in [0.717, 1.165) is 18.7 Å². The van der Waals surface area contributed by atoms with Crippen LogP contribution in [0.25, 0.3) is 0 Å². The Bertz CT molecular complexity index is 381. The Morgan fingerprint density at radius 3 is 3.00 bits per heavy atom. The van der Waals surface area contributed by atoms with Gasteiger partial charge in [0.25, 0.3) is 0 Å². The van der Waals surface area contributed by atoms with Gasteiger partial charge in [-0.3, -0.25) is 4.90 Å². The number of nitrogens with zero attached hydrogens (tertiary/aromatic N) is 1. The molecule has 0 radical (unpaired) electrons. The molecule has 106 valence electrons. The van der Waals surface area contributed by atoms with E-state index >= 15 is 0 Å². The molecule has 0 bridgehead atoms. The van der Waals surface area contributed by atoms with Crippen molar-refractivity contribution in [3.05, 3.63) is 24.2 Å². The molecule has 1 aliphatic carbocycles. The summed E-state index contributed by atoms with van der Waals surface area (Å²) in [6.45, 7) is 5.97. The lowest BCUT2D eigenvalue weighted by molar-refractivity contribution is 0.0963. The van der Waals surface area contributed by atoms with Gasteiger partial charge in [-0.1, -0.05) is 12.8 Å². The molecule has 3 nitrogen and oxygen atoms in total. The SMILES string of the molecule is CC(CCc1ccco1)N1CCNC2(CCCC2)C1. The van der Waals surface area contributed by atoms with Crippen molar-refractivity contribution in [3.63, 3.8) is 0 Å². The third kappa shape index (κ3) is 3.03. The molecule has 3 rings (SSSR count). The van der Waals surface area contributed by atoms with Crippen molar-refractivity contribution in [1.82, 2.24) is 10.2 Å². The van der Waals surface area contributed by atoms with Gasteiger partial charge in [-0.15, -0.1) is 0 Å². The van der Waals surface area contributed by atoms with Crippen molar-refractivity contribution in [1.29, 1.82) is 0 Å². The van der Waals surface area contributed by atoms with Gasteiger partial charge >= 0.3 is 0 Å². The number of aryl methyl sites for hydroxylation is 1. The molecule has 19 heavy (non-hydrogen) atoms. The Balaban J connectivity index is 1.52. The van der Waals surface area contributed by atoms with E-state index in [-0.39, 0.29) is 0 Å². The topological polar surface area (TPSA) is 28.4 Å². The van der Waals surface area contributed by atoms with Crippen molar-refractivity contribution < 1.29 is 4.42 Å². The lowest BCUT2D eigenvalue weighted by atomic mass is 9.93. The van der Waals surface area contributed by atoms with E-state index in [0.29, 0.717) is 11.6 Å². The van der Waals surface area contributed by atoms with Gasteiger partial charge in [0.1, 0.15) is 5.76 Å². The number of furan rings is 1. The first-order chi connectivity index (χ1) is 9.27. The van der Waals surface area contributed by atoms with Gasteiger partial charge in [-0.05, 0) is 38.3 Å². The van der Waals surface area contributed by atoms with Gasteiger partial charge in [0.2, 0.25) is 0 Å². The van der Waals surface area contributed by atoms with Crippen LogP contribution >= 0.6 is 0 Å². The molecule has 3 heteroatoms. The number of nitrogens with one attached hydrogen (secondary N) is 1. The Hall–Kier alpha value is -0.800. The average Bonchev–Trinajstić information content (AvgIpc) is 3.08. The van der Waals surface area contributed by atoms with Crippen LogP contribution in [0.3, 0.4) is 0 Å². The lowest BCUT2D eigenvalue weighted by Crippen LogP contribution is -2.60. The van der Waals surface area contributed by atoms with Gasteiger partial charge in [0.05, 0.1) is 6.26 Å². The van der Waals surface area contributed by atoms with E-state index in [9.17, 15) is 0 Å². The van der Waals surface area contributed by atoms with Crippen molar-refractivity contribution in [2.75, 3.05) is 19.6 Å². The Morgan fingerprint density at radius 2 is 2.26 bits per heavy atom. The normalized spacial score (nSPS) is 24.9. The summed E-state index contributed by atoms with van der Waals surface area (Å²) in [5, 5.41) is 3.79. The van der Waals surface area contributed by atoms with Crippen LogP contribution in [0.15, 0.2) is 22.8 Å². The molecule has 1 saturated carbocycles. The molecule has 1 saturated heterocycles. The van der Waals surface area contributed by atoms with E-state index in [1.807, 2.05) is 6.07 Å². The molecule has 1 aliphatic heterocycles. The summed E-state index contributed by atoms with van der Waals surface area (Å²) in [6, 6.07) is 4.73. The van der Waals surface area contributed by atoms with Gasteiger partial charge in [-0.25, -0.2) is 0 Å². The molecule has 1 spiro atoms. The number of rotatable bonds is 4. The van der Waals surface area contributed by atoms with E-state index < -0.39 is 0 Å². The molecule has 1 aromatic rings. The Labute approximate surface area is 116 Å². The highest BCUT2D eigenvalue weighted by Crippen LogP contribution is 2.32. The zero-order valence-electron chi connectivity index (χ0n) is 12.0. The first-order valence-electron chi connectivity index (χ1n) is 7.79. The van der Waals surface area contributed by atoms with Crippen LogP contribution in [0.5, 0.6) is 0 Å². The fraction of sp³-hybridized carbons (Fsp3) is 0.750. The molecule has 0 amide bonds. The molecule has 2 heterocycles. The smallest absolute Gasteiger partial charge is 0.103 e. The van der Waals surface area contributed by atoms with E-state index in [4.69, 9.17) is 4.42 Å². The second-order valence-electron chi connectivity index (χ2n) is 6.35. The minimum Gasteiger partial charge on any atom is -0.469 e. The fourth-order valence-electron chi connectivity index (χ4n) is 3.74. The van der Waals surface area contributed by atoms with E-state index in [1.54, 1.807) is 6.26 Å². The first kappa shape index (κ1) is 13.2. The predicted molar refractivity (Wildman–Crippen MR) is 77.3 cm³/mol. The summed E-state index contributed by atoms with van der Waals surface area (Å²) in [5.41, 5.74) is 0.442. The summed E-state index contributed by atoms with van der Waals surface area (Å²) in [5.74, 6) is 1.12. The highest BCUT2D eigenvalue weighted by Gasteiger charge is 2.38. The Morgan fingerprint density at radius 1 is 1.42 bits per heavy atom. The van der Waals surface area contributed by atoms with Crippen LogP contribution < -0.4 is 5.32 Å². The quantitative estimate of drug-likeness (QED) is 0.904. The summed E-state index contributed by atoms with van der Waals surface area (Å²) < 4.78 is 5.43. The maximum atomic E-state index is 5.43. The molecule has 1 unspecified atom stereocenters. The van der Waals surface area contributed by atoms with Crippen LogP contribution in [0.4, 0.5) is 0 Å². The zero-order valence-corrected chi connectivity index (χ0v) is 12.0. The fourth-order valence-corrected chi connectivity index (χ4v) is 3.74. The first-order valence-corrected chi connectivity index (χ1v) is 7.79. The van der Waals surface area contributed by atoms with Crippen LogP contribution in [-0.4, -0.2) is 36.1 Å². The van der Waals surface area contributed by atoms with Crippen LogP contribution in [0.2, 0.25) is 0 Å². The van der Waals surface area contributed by atoms with Gasteiger partial charge < -0.3 is 9.73 Å². The molecular formula is C16H26N2O. The van der Waals surface area contributed by atoms with Crippen molar-refractivity contribution in [3.8, 4) is 0 Å². The van der Waals surface area contributed by atoms with Crippen molar-refractivity contribution in [2.24, 2.45) is 0 Å². The van der Waals surface area contributed by atoms with Crippen molar-refractivity contribution >= 4 is 0 Å². The molecule has 1 N–H and O–H groups in total. The van der Waals surface area contributed by atoms with Crippen LogP contribution in [0.1, 0.15) is 44.8 Å². The Kier molecular flexibility index (Phi) is 3.94. The minimum atomic E-state index is 0.442. The third-order valence-electron chi connectivity index (χ3n) is 4.98. The lowest BCUT2D eigenvalue weighted by Gasteiger charge is -2.44. The van der Waals surface area contributed by atoms with Gasteiger partial charge in [0.15, 0.2) is 0 Å². The molecule has 2 aliphatic rings. The molecule has 1 atom stereocenters. The average molecular weight is 262 g/mol. The monoisotopic (exact) mass is 262 g/mol. The standard InChI is InChI=1S/C16H26N2O/c1-14(6-7-15-5-4-12-19-15)18-11-10-17-16(13-18)8-2-3-9-16/h4-5,12,14,17H,2-3,6-11,13H2,1H3. The largest absolute Gasteiger partial charge is 0.469 e. The summed E-state index contributed by atoms with van der Waals surface area (Å²) in [4.78, 5) is 2.69. The van der Waals surface area contributed by atoms with E-state index in [1.165, 1.54) is 45.2 Å². The summed E-state index contributed by atoms with van der Waals surface area (Å²) in [6.07, 6.45) is 9.58. The number of hydrogen-bond donors (Lipinski definition) is 1.